The number of carbonyl (C=O) groups excluding carboxylic acids is 1. The molecule has 3 N–H and O–H groups in total. The highest BCUT2D eigenvalue weighted by atomic mass is 16.3. The minimum atomic E-state index is -0.241. The molecule has 0 aromatic carbocycles. The summed E-state index contributed by atoms with van der Waals surface area (Å²) in [6.45, 7) is 6.00. The minimum Gasteiger partial charge on any atom is -0.395 e. The van der Waals surface area contributed by atoms with Crippen molar-refractivity contribution in [2.75, 3.05) is 6.61 Å². The number of carbonyl (C=O) groups is 1. The second-order valence-corrected chi connectivity index (χ2v) is 5.41. The summed E-state index contributed by atoms with van der Waals surface area (Å²) in [6, 6.07) is 0.104. The van der Waals surface area contributed by atoms with Gasteiger partial charge in [-0.25, -0.2) is 0 Å². The third kappa shape index (κ3) is 4.64. The summed E-state index contributed by atoms with van der Waals surface area (Å²) < 4.78 is 0. The van der Waals surface area contributed by atoms with Gasteiger partial charge in [-0.1, -0.05) is 26.7 Å². The average Bonchev–Trinajstić information content (AvgIpc) is 2.77. The molecule has 1 fully saturated rings. The van der Waals surface area contributed by atoms with Crippen molar-refractivity contribution >= 4 is 5.91 Å². The van der Waals surface area contributed by atoms with E-state index in [0.29, 0.717) is 12.0 Å². The normalized spacial score (nSPS) is 20.5. The Morgan fingerprint density at radius 1 is 1.29 bits per heavy atom. The number of hydrogen-bond donors (Lipinski definition) is 3. The van der Waals surface area contributed by atoms with E-state index in [1.165, 1.54) is 12.8 Å². The summed E-state index contributed by atoms with van der Waals surface area (Å²) >= 11 is 0. The van der Waals surface area contributed by atoms with Crippen LogP contribution in [0, 0.1) is 5.92 Å². The topological polar surface area (TPSA) is 61.4 Å². The third-order valence-electron chi connectivity index (χ3n) is 3.56. The monoisotopic (exact) mass is 242 g/mol. The molecule has 0 bridgehead atoms. The first kappa shape index (κ1) is 14.5. The van der Waals surface area contributed by atoms with Gasteiger partial charge in [0.2, 0.25) is 5.91 Å². The predicted molar refractivity (Wildman–Crippen MR) is 68.7 cm³/mol. The van der Waals surface area contributed by atoms with Gasteiger partial charge in [0.05, 0.1) is 12.6 Å². The Morgan fingerprint density at radius 3 is 2.35 bits per heavy atom. The summed E-state index contributed by atoms with van der Waals surface area (Å²) in [5.74, 6) is 0.373. The molecule has 0 heterocycles. The second kappa shape index (κ2) is 6.97. The maximum Gasteiger partial charge on any atom is 0.237 e. The van der Waals surface area contributed by atoms with Crippen LogP contribution in [0.15, 0.2) is 0 Å². The SMILES string of the molecule is CC(NC(CO)C(C)C)C(=O)NC1CCCC1. The molecule has 0 aromatic heterocycles. The van der Waals surface area contributed by atoms with Crippen molar-refractivity contribution in [3.63, 3.8) is 0 Å². The molecule has 1 saturated carbocycles. The van der Waals surface area contributed by atoms with E-state index >= 15 is 0 Å². The maximum atomic E-state index is 11.9. The van der Waals surface area contributed by atoms with E-state index < -0.39 is 0 Å². The average molecular weight is 242 g/mol. The van der Waals surface area contributed by atoms with Crippen LogP contribution in [0.2, 0.25) is 0 Å². The number of rotatable bonds is 6. The number of aliphatic hydroxyl groups is 1. The van der Waals surface area contributed by atoms with E-state index in [-0.39, 0.29) is 24.6 Å². The zero-order valence-corrected chi connectivity index (χ0v) is 11.2. The van der Waals surface area contributed by atoms with Crippen LogP contribution in [0.1, 0.15) is 46.5 Å². The molecule has 0 aliphatic heterocycles. The lowest BCUT2D eigenvalue weighted by atomic mass is 10.0. The minimum absolute atomic E-state index is 0.0145. The zero-order valence-electron chi connectivity index (χ0n) is 11.2. The number of hydrogen-bond acceptors (Lipinski definition) is 3. The highest BCUT2D eigenvalue weighted by Crippen LogP contribution is 2.17. The first-order chi connectivity index (χ1) is 8.04. The molecule has 100 valence electrons. The van der Waals surface area contributed by atoms with Crippen LogP contribution in [0.5, 0.6) is 0 Å². The Balaban J connectivity index is 2.34. The molecule has 1 aliphatic carbocycles. The van der Waals surface area contributed by atoms with Crippen LogP contribution in [0.3, 0.4) is 0 Å². The number of aliphatic hydroxyl groups excluding tert-OH is 1. The lowest BCUT2D eigenvalue weighted by Crippen LogP contribution is -2.51. The molecule has 2 unspecified atom stereocenters. The summed E-state index contributed by atoms with van der Waals surface area (Å²) in [6.07, 6.45) is 4.65. The fraction of sp³-hybridized carbons (Fsp3) is 0.923. The van der Waals surface area contributed by atoms with Crippen LogP contribution in [-0.2, 0) is 4.79 Å². The van der Waals surface area contributed by atoms with Gasteiger partial charge in [-0.3, -0.25) is 4.79 Å². The fourth-order valence-corrected chi connectivity index (χ4v) is 2.25. The van der Waals surface area contributed by atoms with E-state index in [1.807, 2.05) is 20.8 Å². The van der Waals surface area contributed by atoms with Gasteiger partial charge in [-0.05, 0) is 25.7 Å². The van der Waals surface area contributed by atoms with E-state index in [4.69, 9.17) is 0 Å². The second-order valence-electron chi connectivity index (χ2n) is 5.41. The summed E-state index contributed by atoms with van der Waals surface area (Å²) in [5.41, 5.74) is 0. The molecule has 1 rings (SSSR count). The predicted octanol–water partition coefficient (Wildman–Crippen LogP) is 1.04. The molecule has 0 spiro atoms. The fourth-order valence-electron chi connectivity index (χ4n) is 2.25. The van der Waals surface area contributed by atoms with Gasteiger partial charge >= 0.3 is 0 Å². The van der Waals surface area contributed by atoms with Gasteiger partial charge in [0, 0.05) is 12.1 Å². The van der Waals surface area contributed by atoms with E-state index in [0.717, 1.165) is 12.8 Å². The molecule has 4 nitrogen and oxygen atoms in total. The Kier molecular flexibility index (Phi) is 5.92. The Hall–Kier alpha value is -0.610. The van der Waals surface area contributed by atoms with Gasteiger partial charge in [0.1, 0.15) is 0 Å². The summed E-state index contributed by atoms with van der Waals surface area (Å²) in [5, 5.41) is 15.5. The van der Waals surface area contributed by atoms with Crippen molar-refractivity contribution in [1.82, 2.24) is 10.6 Å². The lowest BCUT2D eigenvalue weighted by Gasteiger charge is -2.25. The largest absolute Gasteiger partial charge is 0.395 e. The Bertz CT molecular complexity index is 238. The van der Waals surface area contributed by atoms with Gasteiger partial charge in [-0.2, -0.15) is 0 Å². The zero-order chi connectivity index (χ0) is 12.8. The first-order valence-corrected chi connectivity index (χ1v) is 6.72. The maximum absolute atomic E-state index is 11.9. The van der Waals surface area contributed by atoms with Gasteiger partial charge in [0.25, 0.3) is 0 Å². The van der Waals surface area contributed by atoms with Crippen molar-refractivity contribution in [1.29, 1.82) is 0 Å². The summed E-state index contributed by atoms with van der Waals surface area (Å²) in [7, 11) is 0. The smallest absolute Gasteiger partial charge is 0.237 e. The molecule has 1 aliphatic rings. The quantitative estimate of drug-likeness (QED) is 0.652. The van der Waals surface area contributed by atoms with E-state index in [2.05, 4.69) is 10.6 Å². The molecule has 0 radical (unpaired) electrons. The van der Waals surface area contributed by atoms with Crippen LogP contribution in [-0.4, -0.2) is 35.7 Å². The Labute approximate surface area is 104 Å². The molecule has 2 atom stereocenters. The van der Waals surface area contributed by atoms with Gasteiger partial charge < -0.3 is 15.7 Å². The molecular formula is C13H26N2O2. The molecule has 0 saturated heterocycles. The highest BCUT2D eigenvalue weighted by Gasteiger charge is 2.23. The Morgan fingerprint density at radius 2 is 1.88 bits per heavy atom. The van der Waals surface area contributed by atoms with Crippen molar-refractivity contribution < 1.29 is 9.90 Å². The van der Waals surface area contributed by atoms with Crippen LogP contribution in [0.25, 0.3) is 0 Å². The number of nitrogens with one attached hydrogen (secondary N) is 2. The lowest BCUT2D eigenvalue weighted by molar-refractivity contribution is -0.123. The first-order valence-electron chi connectivity index (χ1n) is 6.72. The van der Waals surface area contributed by atoms with Crippen LogP contribution >= 0.6 is 0 Å². The van der Waals surface area contributed by atoms with Crippen molar-refractivity contribution in [2.45, 2.75) is 64.6 Å². The molecule has 4 heteroatoms. The number of amides is 1. The standard InChI is InChI=1S/C13H26N2O2/c1-9(2)12(8-16)14-10(3)13(17)15-11-6-4-5-7-11/h9-12,14,16H,4-8H2,1-3H3,(H,15,17). The molecule has 0 aromatic rings. The van der Waals surface area contributed by atoms with Crippen molar-refractivity contribution in [3.05, 3.63) is 0 Å². The van der Waals surface area contributed by atoms with E-state index in [1.54, 1.807) is 0 Å². The van der Waals surface area contributed by atoms with Crippen LogP contribution < -0.4 is 10.6 Å². The van der Waals surface area contributed by atoms with Crippen molar-refractivity contribution in [3.8, 4) is 0 Å². The van der Waals surface area contributed by atoms with Gasteiger partial charge in [-0.15, -0.1) is 0 Å². The van der Waals surface area contributed by atoms with E-state index in [9.17, 15) is 9.90 Å². The van der Waals surface area contributed by atoms with Crippen molar-refractivity contribution in [2.24, 2.45) is 5.92 Å². The third-order valence-corrected chi connectivity index (χ3v) is 3.56. The molecule has 1 amide bonds. The highest BCUT2D eigenvalue weighted by molar-refractivity contribution is 5.81. The van der Waals surface area contributed by atoms with Crippen LogP contribution in [0.4, 0.5) is 0 Å². The molecular weight excluding hydrogens is 216 g/mol. The molecule has 17 heavy (non-hydrogen) atoms. The van der Waals surface area contributed by atoms with Gasteiger partial charge in [0.15, 0.2) is 0 Å². The summed E-state index contributed by atoms with van der Waals surface area (Å²) in [4.78, 5) is 11.9.